The van der Waals surface area contributed by atoms with Crippen LogP contribution in [0.25, 0.3) is 4.96 Å². The van der Waals surface area contributed by atoms with Gasteiger partial charge in [0.2, 0.25) is 0 Å². The van der Waals surface area contributed by atoms with Gasteiger partial charge in [-0.1, -0.05) is 0 Å². The summed E-state index contributed by atoms with van der Waals surface area (Å²) in [6, 6.07) is -0.160. The molecule has 1 atom stereocenters. The Balaban J connectivity index is 1.72. The summed E-state index contributed by atoms with van der Waals surface area (Å²) in [5, 5.41) is 12.1. The summed E-state index contributed by atoms with van der Waals surface area (Å²) in [5.41, 5.74) is -0.982. The SMILES string of the molecule is O=C(c1cnc2sccn2c1=O)N1CCCC1C1(O)CC1. The Morgan fingerprint density at radius 1 is 1.48 bits per heavy atom. The van der Waals surface area contributed by atoms with Gasteiger partial charge in [0.05, 0.1) is 11.6 Å². The highest BCUT2D eigenvalue weighted by molar-refractivity contribution is 7.15. The number of nitrogens with zero attached hydrogens (tertiary/aromatic N) is 3. The number of aliphatic hydroxyl groups is 1. The lowest BCUT2D eigenvalue weighted by atomic mass is 10.1. The summed E-state index contributed by atoms with van der Waals surface area (Å²) < 4.78 is 1.40. The van der Waals surface area contributed by atoms with E-state index in [2.05, 4.69) is 4.98 Å². The molecule has 3 heterocycles. The first-order valence-corrected chi connectivity index (χ1v) is 7.96. The second kappa shape index (κ2) is 4.38. The molecular weight excluding hydrogens is 290 g/mol. The minimum absolute atomic E-state index is 0.0852. The Kier molecular flexibility index (Phi) is 2.71. The number of carbonyl (C=O) groups is 1. The van der Waals surface area contributed by atoms with E-state index in [-0.39, 0.29) is 23.1 Å². The monoisotopic (exact) mass is 305 g/mol. The van der Waals surface area contributed by atoms with Gasteiger partial charge >= 0.3 is 0 Å². The zero-order chi connectivity index (χ0) is 14.6. The van der Waals surface area contributed by atoms with Crippen LogP contribution in [-0.4, -0.2) is 43.5 Å². The normalized spacial score (nSPS) is 23.7. The van der Waals surface area contributed by atoms with Gasteiger partial charge in [-0.15, -0.1) is 11.3 Å². The van der Waals surface area contributed by atoms with Crippen molar-refractivity contribution in [1.82, 2.24) is 14.3 Å². The van der Waals surface area contributed by atoms with E-state index < -0.39 is 5.60 Å². The molecule has 1 aliphatic heterocycles. The summed E-state index contributed by atoms with van der Waals surface area (Å²) in [5.74, 6) is -0.309. The molecule has 0 aromatic carbocycles. The van der Waals surface area contributed by atoms with Gasteiger partial charge in [0.1, 0.15) is 5.56 Å². The first kappa shape index (κ1) is 13.0. The molecule has 2 fully saturated rings. The molecule has 21 heavy (non-hydrogen) atoms. The lowest BCUT2D eigenvalue weighted by molar-refractivity contribution is 0.0385. The maximum absolute atomic E-state index is 12.7. The predicted octanol–water partition coefficient (Wildman–Crippen LogP) is 0.885. The highest BCUT2D eigenvalue weighted by atomic mass is 32.1. The zero-order valence-electron chi connectivity index (χ0n) is 11.4. The van der Waals surface area contributed by atoms with Crippen LogP contribution >= 0.6 is 11.3 Å². The Labute approximate surface area is 124 Å². The first-order chi connectivity index (χ1) is 10.1. The van der Waals surface area contributed by atoms with Gasteiger partial charge in [0.15, 0.2) is 4.96 Å². The Morgan fingerprint density at radius 2 is 2.29 bits per heavy atom. The van der Waals surface area contributed by atoms with E-state index in [0.717, 1.165) is 25.7 Å². The maximum atomic E-state index is 12.7. The summed E-state index contributed by atoms with van der Waals surface area (Å²) in [7, 11) is 0. The van der Waals surface area contributed by atoms with Crippen molar-refractivity contribution in [3.05, 3.63) is 33.7 Å². The molecule has 0 radical (unpaired) electrons. The molecule has 7 heteroatoms. The van der Waals surface area contributed by atoms with Gasteiger partial charge in [-0.05, 0) is 25.7 Å². The van der Waals surface area contributed by atoms with Crippen molar-refractivity contribution < 1.29 is 9.90 Å². The van der Waals surface area contributed by atoms with Crippen LogP contribution in [-0.2, 0) is 0 Å². The van der Waals surface area contributed by atoms with Crippen LogP contribution in [0.2, 0.25) is 0 Å². The molecular formula is C14H15N3O3S. The molecule has 1 amide bonds. The van der Waals surface area contributed by atoms with Gasteiger partial charge in [-0.2, -0.15) is 0 Å². The fourth-order valence-corrected chi connectivity index (χ4v) is 3.83. The van der Waals surface area contributed by atoms with E-state index in [1.54, 1.807) is 16.5 Å². The molecule has 1 aliphatic carbocycles. The van der Waals surface area contributed by atoms with Gasteiger partial charge in [-0.3, -0.25) is 14.0 Å². The average Bonchev–Trinajstić information content (AvgIpc) is 2.95. The summed E-state index contributed by atoms with van der Waals surface area (Å²) in [4.78, 5) is 31.5. The molecule has 1 unspecified atom stereocenters. The van der Waals surface area contributed by atoms with Crippen molar-refractivity contribution in [1.29, 1.82) is 0 Å². The first-order valence-electron chi connectivity index (χ1n) is 7.08. The largest absolute Gasteiger partial charge is 0.388 e. The van der Waals surface area contributed by atoms with Crippen LogP contribution in [0.4, 0.5) is 0 Å². The number of hydrogen-bond donors (Lipinski definition) is 1. The minimum atomic E-state index is -0.734. The van der Waals surface area contributed by atoms with Crippen molar-refractivity contribution in [2.45, 2.75) is 37.3 Å². The molecule has 1 saturated heterocycles. The van der Waals surface area contributed by atoms with E-state index >= 15 is 0 Å². The molecule has 2 aromatic rings. The lowest BCUT2D eigenvalue weighted by Gasteiger charge is -2.28. The number of thiazole rings is 1. The number of amides is 1. The Morgan fingerprint density at radius 3 is 3.05 bits per heavy atom. The average molecular weight is 305 g/mol. The smallest absolute Gasteiger partial charge is 0.271 e. The van der Waals surface area contributed by atoms with Crippen molar-refractivity contribution in [2.75, 3.05) is 6.54 Å². The van der Waals surface area contributed by atoms with E-state index in [1.807, 2.05) is 0 Å². The molecule has 4 rings (SSSR count). The summed E-state index contributed by atoms with van der Waals surface area (Å²) >= 11 is 1.36. The number of likely N-dealkylation sites (tertiary alicyclic amines) is 1. The van der Waals surface area contributed by atoms with Crippen molar-refractivity contribution in [3.8, 4) is 0 Å². The van der Waals surface area contributed by atoms with Crippen LogP contribution < -0.4 is 5.56 Å². The number of fused-ring (bicyclic) bond motifs is 1. The van der Waals surface area contributed by atoms with Crippen molar-refractivity contribution in [3.63, 3.8) is 0 Å². The van der Waals surface area contributed by atoms with E-state index in [0.29, 0.717) is 11.5 Å². The molecule has 110 valence electrons. The van der Waals surface area contributed by atoms with Crippen LogP contribution in [0, 0.1) is 0 Å². The zero-order valence-corrected chi connectivity index (χ0v) is 12.2. The van der Waals surface area contributed by atoms with Gasteiger partial charge in [0.25, 0.3) is 11.5 Å². The second-order valence-electron chi connectivity index (χ2n) is 5.79. The number of rotatable bonds is 2. The fraction of sp³-hybridized carbons (Fsp3) is 0.500. The van der Waals surface area contributed by atoms with E-state index in [1.165, 1.54) is 21.9 Å². The van der Waals surface area contributed by atoms with Crippen LogP contribution in [0.15, 0.2) is 22.6 Å². The van der Waals surface area contributed by atoms with Gasteiger partial charge in [-0.25, -0.2) is 4.98 Å². The standard InChI is InChI=1S/C14H15N3O3S/c18-11(16-5-1-2-10(16)14(20)3-4-14)9-8-15-13-17(12(9)19)6-7-21-13/h6-8,10,20H,1-5H2. The minimum Gasteiger partial charge on any atom is -0.388 e. The van der Waals surface area contributed by atoms with Crippen molar-refractivity contribution in [2.24, 2.45) is 0 Å². The summed E-state index contributed by atoms with van der Waals surface area (Å²) in [6.45, 7) is 0.595. The molecule has 0 spiro atoms. The van der Waals surface area contributed by atoms with E-state index in [4.69, 9.17) is 0 Å². The lowest BCUT2D eigenvalue weighted by Crippen LogP contribution is -2.45. The van der Waals surface area contributed by atoms with Crippen molar-refractivity contribution >= 4 is 22.2 Å². The third kappa shape index (κ3) is 1.91. The molecule has 1 saturated carbocycles. The third-order valence-corrected chi connectivity index (χ3v) is 5.24. The number of carbonyl (C=O) groups excluding carboxylic acids is 1. The Hall–Kier alpha value is -1.73. The molecule has 1 N–H and O–H groups in total. The maximum Gasteiger partial charge on any atom is 0.271 e. The third-order valence-electron chi connectivity index (χ3n) is 4.47. The quantitative estimate of drug-likeness (QED) is 0.894. The van der Waals surface area contributed by atoms with Crippen LogP contribution in [0.1, 0.15) is 36.0 Å². The highest BCUT2D eigenvalue weighted by Crippen LogP contribution is 2.44. The number of hydrogen-bond acceptors (Lipinski definition) is 5. The highest BCUT2D eigenvalue weighted by Gasteiger charge is 2.52. The topological polar surface area (TPSA) is 74.9 Å². The molecule has 2 aromatic heterocycles. The van der Waals surface area contributed by atoms with Crippen LogP contribution in [0.5, 0.6) is 0 Å². The predicted molar refractivity (Wildman–Crippen MR) is 77.6 cm³/mol. The number of aromatic nitrogens is 2. The Bertz CT molecular complexity index is 777. The fourth-order valence-electron chi connectivity index (χ4n) is 3.16. The second-order valence-corrected chi connectivity index (χ2v) is 6.67. The van der Waals surface area contributed by atoms with E-state index in [9.17, 15) is 14.7 Å². The van der Waals surface area contributed by atoms with Gasteiger partial charge in [0, 0.05) is 24.3 Å². The molecule has 6 nitrogen and oxygen atoms in total. The van der Waals surface area contributed by atoms with Gasteiger partial charge < -0.3 is 10.0 Å². The molecule has 2 aliphatic rings. The summed E-state index contributed by atoms with van der Waals surface area (Å²) in [6.07, 6.45) is 6.14. The van der Waals surface area contributed by atoms with Crippen LogP contribution in [0.3, 0.4) is 0 Å². The molecule has 0 bridgehead atoms.